The lowest BCUT2D eigenvalue weighted by atomic mass is 10.1. The molecule has 0 fully saturated rings. The molecular weight excluding hydrogens is 297 g/mol. The van der Waals surface area contributed by atoms with Gasteiger partial charge in [0.15, 0.2) is 5.78 Å². The molecule has 0 aliphatic rings. The molecule has 0 saturated heterocycles. The van der Waals surface area contributed by atoms with Gasteiger partial charge in [-0.1, -0.05) is 36.4 Å². The monoisotopic (exact) mass is 311 g/mol. The van der Waals surface area contributed by atoms with Crippen LogP contribution in [0.15, 0.2) is 60.7 Å². The maximum Gasteiger partial charge on any atom is 0.267 e. The number of amides is 1. The summed E-state index contributed by atoms with van der Waals surface area (Å²) in [5.41, 5.74) is 3.25. The van der Waals surface area contributed by atoms with E-state index in [1.165, 1.54) is 41.9 Å². The summed E-state index contributed by atoms with van der Waals surface area (Å²) in [6.45, 7) is 0. The Morgan fingerprint density at radius 3 is 2.26 bits per heavy atom. The number of hydrogen-bond donors (Lipinski definition) is 2. The summed E-state index contributed by atoms with van der Waals surface area (Å²) < 4.78 is 13.1. The van der Waals surface area contributed by atoms with E-state index in [0.29, 0.717) is 0 Å². The predicted octanol–water partition coefficient (Wildman–Crippen LogP) is 3.24. The SMILES string of the molecule is O=C(/C=C/c1cccc(/C=C/C(=O)c2cccc(F)c2)c1)NO. The van der Waals surface area contributed by atoms with E-state index in [0.717, 1.165) is 11.1 Å². The molecule has 2 rings (SSSR count). The fourth-order valence-corrected chi connectivity index (χ4v) is 1.89. The van der Waals surface area contributed by atoms with Crippen LogP contribution in [-0.4, -0.2) is 16.9 Å². The average Bonchev–Trinajstić information content (AvgIpc) is 2.58. The maximum atomic E-state index is 13.1. The molecule has 0 unspecified atom stereocenters. The lowest BCUT2D eigenvalue weighted by molar-refractivity contribution is -0.124. The highest BCUT2D eigenvalue weighted by Gasteiger charge is 2.02. The molecule has 0 aliphatic carbocycles. The van der Waals surface area contributed by atoms with Crippen LogP contribution in [-0.2, 0) is 4.79 Å². The van der Waals surface area contributed by atoms with E-state index in [4.69, 9.17) is 5.21 Å². The van der Waals surface area contributed by atoms with Crippen molar-refractivity contribution in [3.63, 3.8) is 0 Å². The smallest absolute Gasteiger partial charge is 0.267 e. The number of rotatable bonds is 5. The zero-order valence-corrected chi connectivity index (χ0v) is 12.1. The Labute approximate surface area is 132 Å². The van der Waals surface area contributed by atoms with Gasteiger partial charge in [0, 0.05) is 11.6 Å². The molecule has 5 heteroatoms. The van der Waals surface area contributed by atoms with Crippen LogP contribution in [0.5, 0.6) is 0 Å². The summed E-state index contributed by atoms with van der Waals surface area (Å²) in [5, 5.41) is 8.41. The Morgan fingerprint density at radius 2 is 1.61 bits per heavy atom. The summed E-state index contributed by atoms with van der Waals surface area (Å²) in [7, 11) is 0. The quantitative estimate of drug-likeness (QED) is 0.385. The molecule has 0 radical (unpaired) electrons. The Hall–Kier alpha value is -3.05. The Morgan fingerprint density at radius 1 is 0.957 bits per heavy atom. The molecule has 2 aromatic carbocycles. The molecule has 2 aromatic rings. The largest absolute Gasteiger partial charge is 0.289 e. The molecular formula is C18H14FNO3. The number of allylic oxidation sites excluding steroid dienone is 1. The summed E-state index contributed by atoms with van der Waals surface area (Å²) >= 11 is 0. The molecule has 0 atom stereocenters. The second-order valence-electron chi connectivity index (χ2n) is 4.69. The number of nitrogens with one attached hydrogen (secondary N) is 1. The lowest BCUT2D eigenvalue weighted by Crippen LogP contribution is -2.14. The van der Waals surface area contributed by atoms with Crippen LogP contribution >= 0.6 is 0 Å². The molecule has 4 nitrogen and oxygen atoms in total. The van der Waals surface area contributed by atoms with Crippen LogP contribution in [0, 0.1) is 5.82 Å². The first-order valence-corrected chi connectivity index (χ1v) is 6.78. The predicted molar refractivity (Wildman–Crippen MR) is 85.2 cm³/mol. The Kier molecular flexibility index (Phi) is 5.55. The van der Waals surface area contributed by atoms with Gasteiger partial charge < -0.3 is 0 Å². The fourth-order valence-electron chi connectivity index (χ4n) is 1.89. The third kappa shape index (κ3) is 5.01. The van der Waals surface area contributed by atoms with Crippen LogP contribution in [0.25, 0.3) is 12.2 Å². The highest BCUT2D eigenvalue weighted by molar-refractivity contribution is 6.06. The number of ketones is 1. The first-order valence-electron chi connectivity index (χ1n) is 6.78. The normalized spacial score (nSPS) is 11.0. The Bertz CT molecular complexity index is 781. The van der Waals surface area contributed by atoms with Crippen molar-refractivity contribution in [1.29, 1.82) is 0 Å². The van der Waals surface area contributed by atoms with Crippen LogP contribution in [0.1, 0.15) is 21.5 Å². The molecule has 0 saturated carbocycles. The van der Waals surface area contributed by atoms with Gasteiger partial charge in [-0.25, -0.2) is 9.87 Å². The minimum Gasteiger partial charge on any atom is -0.289 e. The first kappa shape index (κ1) is 16.3. The van der Waals surface area contributed by atoms with Crippen molar-refractivity contribution in [2.45, 2.75) is 0 Å². The van der Waals surface area contributed by atoms with Gasteiger partial charge in [-0.05, 0) is 41.5 Å². The zero-order valence-electron chi connectivity index (χ0n) is 12.1. The van der Waals surface area contributed by atoms with E-state index >= 15 is 0 Å². The van der Waals surface area contributed by atoms with Crippen LogP contribution in [0.2, 0.25) is 0 Å². The maximum absolute atomic E-state index is 13.1. The third-order valence-electron chi connectivity index (χ3n) is 2.98. The second-order valence-corrected chi connectivity index (χ2v) is 4.69. The number of carbonyl (C=O) groups is 2. The van der Waals surface area contributed by atoms with E-state index < -0.39 is 11.7 Å². The molecule has 23 heavy (non-hydrogen) atoms. The van der Waals surface area contributed by atoms with Crippen molar-refractivity contribution in [1.82, 2.24) is 5.48 Å². The summed E-state index contributed by atoms with van der Waals surface area (Å²) in [6.07, 6.45) is 5.67. The van der Waals surface area contributed by atoms with Gasteiger partial charge in [0.05, 0.1) is 0 Å². The molecule has 0 spiro atoms. The van der Waals surface area contributed by atoms with E-state index in [1.807, 2.05) is 0 Å². The van der Waals surface area contributed by atoms with Crippen molar-refractivity contribution < 1.29 is 19.2 Å². The van der Waals surface area contributed by atoms with Gasteiger partial charge in [0.2, 0.25) is 0 Å². The first-order chi connectivity index (χ1) is 11.1. The summed E-state index contributed by atoms with van der Waals surface area (Å²) in [5.74, 6) is -1.39. The molecule has 2 N–H and O–H groups in total. The van der Waals surface area contributed by atoms with Gasteiger partial charge >= 0.3 is 0 Å². The van der Waals surface area contributed by atoms with Gasteiger partial charge in [-0.2, -0.15) is 0 Å². The van der Waals surface area contributed by atoms with Gasteiger partial charge in [-0.3, -0.25) is 14.8 Å². The van der Waals surface area contributed by atoms with Crippen molar-refractivity contribution in [2.24, 2.45) is 0 Å². The molecule has 0 heterocycles. The highest BCUT2D eigenvalue weighted by atomic mass is 19.1. The van der Waals surface area contributed by atoms with Crippen molar-refractivity contribution in [3.8, 4) is 0 Å². The summed E-state index contributed by atoms with van der Waals surface area (Å²) in [6, 6.07) is 12.6. The number of hydrogen-bond acceptors (Lipinski definition) is 3. The van der Waals surface area contributed by atoms with E-state index in [9.17, 15) is 14.0 Å². The molecule has 0 bridgehead atoms. The van der Waals surface area contributed by atoms with Crippen LogP contribution < -0.4 is 5.48 Å². The highest BCUT2D eigenvalue weighted by Crippen LogP contribution is 2.11. The zero-order chi connectivity index (χ0) is 16.7. The molecule has 1 amide bonds. The minimum atomic E-state index is -0.632. The molecule has 0 aliphatic heterocycles. The van der Waals surface area contributed by atoms with Crippen molar-refractivity contribution in [3.05, 3.63) is 83.2 Å². The van der Waals surface area contributed by atoms with E-state index in [-0.39, 0.29) is 11.3 Å². The number of halogens is 1. The second kappa shape index (κ2) is 7.82. The molecule has 116 valence electrons. The lowest BCUT2D eigenvalue weighted by Gasteiger charge is -1.98. The van der Waals surface area contributed by atoms with Crippen molar-refractivity contribution in [2.75, 3.05) is 0 Å². The average molecular weight is 311 g/mol. The van der Waals surface area contributed by atoms with E-state index in [1.54, 1.807) is 36.4 Å². The Balaban J connectivity index is 2.12. The van der Waals surface area contributed by atoms with Gasteiger partial charge in [-0.15, -0.1) is 0 Å². The number of carbonyl (C=O) groups excluding carboxylic acids is 2. The topological polar surface area (TPSA) is 66.4 Å². The third-order valence-corrected chi connectivity index (χ3v) is 2.98. The van der Waals surface area contributed by atoms with Gasteiger partial charge in [0.1, 0.15) is 5.82 Å². The fraction of sp³-hybridized carbons (Fsp3) is 0. The van der Waals surface area contributed by atoms with Crippen LogP contribution in [0.3, 0.4) is 0 Å². The number of benzene rings is 2. The van der Waals surface area contributed by atoms with Crippen molar-refractivity contribution >= 4 is 23.8 Å². The molecule has 0 aromatic heterocycles. The number of hydroxylamine groups is 1. The van der Waals surface area contributed by atoms with E-state index in [2.05, 4.69) is 0 Å². The summed E-state index contributed by atoms with van der Waals surface area (Å²) in [4.78, 5) is 22.9. The standard InChI is InChI=1S/C18H14FNO3/c19-16-6-2-5-15(12-16)17(21)9-7-13-3-1-4-14(11-13)8-10-18(22)20-23/h1-12,23H,(H,20,22)/b9-7+,10-8+. The van der Waals surface area contributed by atoms with Crippen LogP contribution in [0.4, 0.5) is 4.39 Å². The van der Waals surface area contributed by atoms with Gasteiger partial charge in [0.25, 0.3) is 5.91 Å². The minimum absolute atomic E-state index is 0.275.